The standard InChI is InChI=1S/C11H21NO/c1-6(13)8-4-7-5-9(10(8)12)11(7,2)3/h6-10,13H,4-5,12H2,1-3H3/t6-,7-,8-,9+,10?/m1/s1. The molecule has 3 rings (SSSR count). The van der Waals surface area contributed by atoms with Crippen LogP contribution in [0.1, 0.15) is 33.6 Å². The lowest BCUT2D eigenvalue weighted by Crippen LogP contribution is -2.63. The van der Waals surface area contributed by atoms with Gasteiger partial charge < -0.3 is 10.8 Å². The van der Waals surface area contributed by atoms with E-state index in [0.717, 1.165) is 12.3 Å². The van der Waals surface area contributed by atoms with Gasteiger partial charge in [0, 0.05) is 12.0 Å². The third kappa shape index (κ3) is 1.15. The van der Waals surface area contributed by atoms with Crippen molar-refractivity contribution >= 4 is 0 Å². The lowest BCUT2D eigenvalue weighted by Gasteiger charge is -2.62. The lowest BCUT2D eigenvalue weighted by molar-refractivity contribution is -0.125. The van der Waals surface area contributed by atoms with Crippen LogP contribution in [0.25, 0.3) is 0 Å². The summed E-state index contributed by atoms with van der Waals surface area (Å²) in [5.41, 5.74) is 6.61. The van der Waals surface area contributed by atoms with Crippen molar-refractivity contribution in [2.45, 2.75) is 45.8 Å². The Hall–Kier alpha value is -0.0800. The monoisotopic (exact) mass is 183 g/mol. The molecule has 1 unspecified atom stereocenters. The fourth-order valence-electron chi connectivity index (χ4n) is 3.41. The molecule has 3 saturated carbocycles. The molecule has 13 heavy (non-hydrogen) atoms. The minimum Gasteiger partial charge on any atom is -0.393 e. The molecular formula is C11H21NO. The van der Waals surface area contributed by atoms with Gasteiger partial charge in [0.15, 0.2) is 0 Å². The van der Waals surface area contributed by atoms with Crippen LogP contribution in [0, 0.1) is 23.2 Å². The van der Waals surface area contributed by atoms with Crippen molar-refractivity contribution in [3.63, 3.8) is 0 Å². The van der Waals surface area contributed by atoms with Gasteiger partial charge in [0.25, 0.3) is 0 Å². The Bertz CT molecular complexity index is 210. The first-order chi connectivity index (χ1) is 5.94. The molecule has 0 spiro atoms. The van der Waals surface area contributed by atoms with E-state index in [4.69, 9.17) is 5.73 Å². The molecule has 2 heteroatoms. The van der Waals surface area contributed by atoms with Crippen molar-refractivity contribution < 1.29 is 5.11 Å². The summed E-state index contributed by atoms with van der Waals surface area (Å²) in [5, 5.41) is 9.58. The zero-order valence-electron chi connectivity index (χ0n) is 8.83. The minimum atomic E-state index is -0.226. The van der Waals surface area contributed by atoms with Crippen LogP contribution >= 0.6 is 0 Å². The number of aliphatic hydroxyl groups is 1. The van der Waals surface area contributed by atoms with Gasteiger partial charge in [0.2, 0.25) is 0 Å². The number of hydrogen-bond acceptors (Lipinski definition) is 2. The zero-order valence-corrected chi connectivity index (χ0v) is 8.83. The van der Waals surface area contributed by atoms with Gasteiger partial charge in [-0.05, 0) is 37.0 Å². The molecule has 0 amide bonds. The van der Waals surface area contributed by atoms with Crippen molar-refractivity contribution in [1.29, 1.82) is 0 Å². The smallest absolute Gasteiger partial charge is 0.0555 e. The molecule has 2 nitrogen and oxygen atoms in total. The van der Waals surface area contributed by atoms with E-state index in [1.807, 2.05) is 6.92 Å². The highest BCUT2D eigenvalue weighted by Crippen LogP contribution is 2.60. The van der Waals surface area contributed by atoms with E-state index >= 15 is 0 Å². The third-order valence-corrected chi connectivity index (χ3v) is 4.68. The van der Waals surface area contributed by atoms with Crippen molar-refractivity contribution in [2.24, 2.45) is 28.9 Å². The normalized spacial score (nSPS) is 49.6. The Balaban J connectivity index is 2.12. The van der Waals surface area contributed by atoms with E-state index in [1.54, 1.807) is 0 Å². The molecule has 0 saturated heterocycles. The maximum absolute atomic E-state index is 9.58. The fraction of sp³-hybridized carbons (Fsp3) is 1.00. The summed E-state index contributed by atoms with van der Waals surface area (Å²) < 4.78 is 0. The summed E-state index contributed by atoms with van der Waals surface area (Å²) in [7, 11) is 0. The molecule has 0 aromatic rings. The predicted molar refractivity (Wildman–Crippen MR) is 53.1 cm³/mol. The van der Waals surface area contributed by atoms with E-state index in [1.165, 1.54) is 6.42 Å². The van der Waals surface area contributed by atoms with Crippen molar-refractivity contribution in [2.75, 3.05) is 0 Å². The summed E-state index contributed by atoms with van der Waals surface area (Å²) in [6, 6.07) is 0.222. The molecule has 0 aromatic heterocycles. The van der Waals surface area contributed by atoms with Crippen molar-refractivity contribution in [3.05, 3.63) is 0 Å². The van der Waals surface area contributed by atoms with E-state index < -0.39 is 0 Å². The first kappa shape index (κ1) is 9.47. The second-order valence-corrected chi connectivity index (χ2v) is 5.58. The van der Waals surface area contributed by atoms with Gasteiger partial charge in [-0.25, -0.2) is 0 Å². The molecule has 0 aliphatic heterocycles. The Morgan fingerprint density at radius 1 is 1.38 bits per heavy atom. The Morgan fingerprint density at radius 2 is 2.00 bits per heavy atom. The highest BCUT2D eigenvalue weighted by molar-refractivity contribution is 5.08. The van der Waals surface area contributed by atoms with Crippen LogP contribution in [-0.2, 0) is 0 Å². The summed E-state index contributed by atoms with van der Waals surface area (Å²) in [5.74, 6) is 1.79. The molecule has 0 heterocycles. The van der Waals surface area contributed by atoms with Crippen LogP contribution in [0.4, 0.5) is 0 Å². The number of hydrogen-bond donors (Lipinski definition) is 2. The molecule has 3 aliphatic rings. The number of aliphatic hydroxyl groups excluding tert-OH is 1. The van der Waals surface area contributed by atoms with Crippen molar-refractivity contribution in [1.82, 2.24) is 0 Å². The molecule has 0 aromatic carbocycles. The number of rotatable bonds is 1. The molecule has 3 aliphatic carbocycles. The first-order valence-corrected chi connectivity index (χ1v) is 5.38. The maximum atomic E-state index is 9.58. The molecule has 0 radical (unpaired) electrons. The van der Waals surface area contributed by atoms with Gasteiger partial charge in [-0.1, -0.05) is 13.8 Å². The van der Waals surface area contributed by atoms with Crippen LogP contribution in [0.15, 0.2) is 0 Å². The maximum Gasteiger partial charge on any atom is 0.0555 e. The second kappa shape index (κ2) is 2.71. The van der Waals surface area contributed by atoms with E-state index in [2.05, 4.69) is 13.8 Å². The van der Waals surface area contributed by atoms with Gasteiger partial charge in [-0.2, -0.15) is 0 Å². The third-order valence-electron chi connectivity index (χ3n) is 4.68. The number of fused-ring (bicyclic) bond motifs is 2. The quantitative estimate of drug-likeness (QED) is 0.645. The van der Waals surface area contributed by atoms with Crippen LogP contribution in [-0.4, -0.2) is 17.3 Å². The fourth-order valence-corrected chi connectivity index (χ4v) is 3.41. The lowest BCUT2D eigenvalue weighted by atomic mass is 9.44. The van der Waals surface area contributed by atoms with E-state index in [-0.39, 0.29) is 12.1 Å². The van der Waals surface area contributed by atoms with E-state index in [9.17, 15) is 5.11 Å². The average Bonchev–Trinajstić information content (AvgIpc) is 2.02. The van der Waals surface area contributed by atoms with Gasteiger partial charge in [-0.3, -0.25) is 0 Å². The predicted octanol–water partition coefficient (Wildman–Crippen LogP) is 1.38. The Kier molecular flexibility index (Phi) is 1.97. The molecule has 3 N–H and O–H groups in total. The summed E-state index contributed by atoms with van der Waals surface area (Å²) in [6.07, 6.45) is 2.19. The summed E-state index contributed by atoms with van der Waals surface area (Å²) >= 11 is 0. The van der Waals surface area contributed by atoms with Gasteiger partial charge in [0.1, 0.15) is 0 Å². The Morgan fingerprint density at radius 3 is 2.38 bits per heavy atom. The van der Waals surface area contributed by atoms with Crippen LogP contribution < -0.4 is 5.73 Å². The second-order valence-electron chi connectivity index (χ2n) is 5.58. The van der Waals surface area contributed by atoms with E-state index in [0.29, 0.717) is 17.3 Å². The molecule has 3 fully saturated rings. The largest absolute Gasteiger partial charge is 0.393 e. The average molecular weight is 183 g/mol. The number of nitrogens with two attached hydrogens (primary N) is 1. The minimum absolute atomic E-state index is 0.222. The SMILES string of the molecule is C[C@@H](O)[C@H]1C[C@@H]2C[C@@H](C1N)C2(C)C. The van der Waals surface area contributed by atoms with Crippen molar-refractivity contribution in [3.8, 4) is 0 Å². The topological polar surface area (TPSA) is 46.2 Å². The Labute approximate surface area is 80.5 Å². The first-order valence-electron chi connectivity index (χ1n) is 5.38. The summed E-state index contributed by atoms with van der Waals surface area (Å²) in [6.45, 7) is 6.52. The van der Waals surface area contributed by atoms with Crippen LogP contribution in [0.2, 0.25) is 0 Å². The highest BCUT2D eigenvalue weighted by Gasteiger charge is 2.57. The molecule has 76 valence electrons. The van der Waals surface area contributed by atoms with Gasteiger partial charge in [-0.15, -0.1) is 0 Å². The van der Waals surface area contributed by atoms with Gasteiger partial charge >= 0.3 is 0 Å². The molecule has 2 bridgehead atoms. The zero-order chi connectivity index (χ0) is 9.80. The molecule has 5 atom stereocenters. The summed E-state index contributed by atoms with van der Waals surface area (Å²) in [4.78, 5) is 0. The molecular weight excluding hydrogens is 162 g/mol. The highest BCUT2D eigenvalue weighted by atomic mass is 16.3. The van der Waals surface area contributed by atoms with Gasteiger partial charge in [0.05, 0.1) is 6.10 Å². The van der Waals surface area contributed by atoms with Crippen LogP contribution in [0.3, 0.4) is 0 Å². The van der Waals surface area contributed by atoms with Crippen LogP contribution in [0.5, 0.6) is 0 Å².